The van der Waals surface area contributed by atoms with Crippen LogP contribution in [-0.2, 0) is 4.79 Å². The van der Waals surface area contributed by atoms with Crippen LogP contribution >= 0.6 is 23.2 Å². The molecule has 16 heavy (non-hydrogen) atoms. The van der Waals surface area contributed by atoms with Gasteiger partial charge in [-0.05, 0) is 24.6 Å². The van der Waals surface area contributed by atoms with E-state index in [-0.39, 0.29) is 17.9 Å². The Morgan fingerprint density at radius 3 is 2.31 bits per heavy atom. The molecular formula is C12H15Cl2NO. The first-order chi connectivity index (χ1) is 7.41. The molecule has 0 saturated carbocycles. The standard InChI is InChI=1S/C12H15Cl2NO/c1-7(2)12(16)15-8(3)9-4-5-10(13)11(14)6-9/h4-8H,1-3H3,(H,15,16). The molecule has 0 aliphatic carbocycles. The van der Waals surface area contributed by atoms with Gasteiger partial charge in [0.15, 0.2) is 0 Å². The first-order valence-corrected chi connectivity index (χ1v) is 5.92. The first-order valence-electron chi connectivity index (χ1n) is 5.17. The summed E-state index contributed by atoms with van der Waals surface area (Å²) in [4.78, 5) is 11.5. The Morgan fingerprint density at radius 1 is 1.19 bits per heavy atom. The van der Waals surface area contributed by atoms with Crippen molar-refractivity contribution in [1.82, 2.24) is 5.32 Å². The third kappa shape index (κ3) is 3.39. The fourth-order valence-corrected chi connectivity index (χ4v) is 1.55. The number of benzene rings is 1. The molecule has 0 aliphatic rings. The Bertz CT molecular complexity index is 391. The molecule has 0 spiro atoms. The van der Waals surface area contributed by atoms with Gasteiger partial charge in [-0.3, -0.25) is 4.79 Å². The van der Waals surface area contributed by atoms with Crippen molar-refractivity contribution in [2.45, 2.75) is 26.8 Å². The average Bonchev–Trinajstić information content (AvgIpc) is 2.21. The summed E-state index contributed by atoms with van der Waals surface area (Å²) in [5, 5.41) is 3.93. The summed E-state index contributed by atoms with van der Waals surface area (Å²) in [6.45, 7) is 5.63. The number of hydrogen-bond donors (Lipinski definition) is 1. The van der Waals surface area contributed by atoms with Crippen molar-refractivity contribution in [2.75, 3.05) is 0 Å². The van der Waals surface area contributed by atoms with E-state index in [9.17, 15) is 4.79 Å². The van der Waals surface area contributed by atoms with Gasteiger partial charge in [0.25, 0.3) is 0 Å². The van der Waals surface area contributed by atoms with E-state index in [4.69, 9.17) is 23.2 Å². The highest BCUT2D eigenvalue weighted by molar-refractivity contribution is 6.42. The third-order valence-corrected chi connectivity index (χ3v) is 3.07. The van der Waals surface area contributed by atoms with E-state index in [1.165, 1.54) is 0 Å². The van der Waals surface area contributed by atoms with Gasteiger partial charge >= 0.3 is 0 Å². The van der Waals surface area contributed by atoms with Gasteiger partial charge in [0.2, 0.25) is 5.91 Å². The second-order valence-electron chi connectivity index (χ2n) is 4.06. The van der Waals surface area contributed by atoms with E-state index in [1.54, 1.807) is 12.1 Å². The number of rotatable bonds is 3. The molecule has 1 unspecified atom stereocenters. The molecule has 1 atom stereocenters. The van der Waals surface area contributed by atoms with Crippen LogP contribution in [0.2, 0.25) is 10.0 Å². The van der Waals surface area contributed by atoms with E-state index in [0.29, 0.717) is 10.0 Å². The van der Waals surface area contributed by atoms with Crippen molar-refractivity contribution in [3.63, 3.8) is 0 Å². The largest absolute Gasteiger partial charge is 0.349 e. The van der Waals surface area contributed by atoms with Gasteiger partial charge in [0, 0.05) is 5.92 Å². The van der Waals surface area contributed by atoms with Crippen molar-refractivity contribution in [2.24, 2.45) is 5.92 Å². The SMILES string of the molecule is CC(C)C(=O)NC(C)c1ccc(Cl)c(Cl)c1. The number of carbonyl (C=O) groups excluding carboxylic acids is 1. The molecule has 1 amide bonds. The van der Waals surface area contributed by atoms with Crippen LogP contribution in [0.5, 0.6) is 0 Å². The van der Waals surface area contributed by atoms with Crippen LogP contribution in [0.15, 0.2) is 18.2 Å². The van der Waals surface area contributed by atoms with E-state index >= 15 is 0 Å². The number of hydrogen-bond acceptors (Lipinski definition) is 1. The molecule has 0 aromatic heterocycles. The molecule has 1 aromatic rings. The van der Waals surface area contributed by atoms with Crippen molar-refractivity contribution in [3.05, 3.63) is 33.8 Å². The van der Waals surface area contributed by atoms with Gasteiger partial charge < -0.3 is 5.32 Å². The zero-order valence-corrected chi connectivity index (χ0v) is 11.1. The number of amides is 1. The smallest absolute Gasteiger partial charge is 0.223 e. The first kappa shape index (κ1) is 13.3. The van der Waals surface area contributed by atoms with Gasteiger partial charge in [-0.2, -0.15) is 0 Å². The van der Waals surface area contributed by atoms with Crippen molar-refractivity contribution < 1.29 is 4.79 Å². The number of halogens is 2. The fourth-order valence-electron chi connectivity index (χ4n) is 1.25. The topological polar surface area (TPSA) is 29.1 Å². The molecule has 0 heterocycles. The lowest BCUT2D eigenvalue weighted by Gasteiger charge is -2.16. The maximum absolute atomic E-state index is 11.5. The van der Waals surface area contributed by atoms with E-state index in [1.807, 2.05) is 26.8 Å². The van der Waals surface area contributed by atoms with Gasteiger partial charge in [0.05, 0.1) is 16.1 Å². The second-order valence-corrected chi connectivity index (χ2v) is 4.87. The summed E-state index contributed by atoms with van der Waals surface area (Å²) in [5.41, 5.74) is 0.948. The summed E-state index contributed by atoms with van der Waals surface area (Å²) in [7, 11) is 0. The monoisotopic (exact) mass is 259 g/mol. The third-order valence-electron chi connectivity index (χ3n) is 2.33. The minimum absolute atomic E-state index is 0.0229. The Labute approximate surface area is 106 Å². The summed E-state index contributed by atoms with van der Waals surface area (Å²) in [6.07, 6.45) is 0. The molecule has 0 bridgehead atoms. The summed E-state index contributed by atoms with van der Waals surface area (Å²) in [6, 6.07) is 5.30. The van der Waals surface area contributed by atoms with Crippen LogP contribution in [0.4, 0.5) is 0 Å². The lowest BCUT2D eigenvalue weighted by molar-refractivity contribution is -0.124. The summed E-state index contributed by atoms with van der Waals surface area (Å²) >= 11 is 11.7. The minimum Gasteiger partial charge on any atom is -0.349 e. The highest BCUT2D eigenvalue weighted by Gasteiger charge is 2.13. The summed E-state index contributed by atoms with van der Waals surface area (Å²) in [5.74, 6) is 0.00351. The quantitative estimate of drug-likeness (QED) is 0.879. The van der Waals surface area contributed by atoms with Crippen molar-refractivity contribution >= 4 is 29.1 Å². The molecule has 2 nitrogen and oxygen atoms in total. The van der Waals surface area contributed by atoms with Crippen LogP contribution in [0.1, 0.15) is 32.4 Å². The Kier molecular flexibility index (Phi) is 4.63. The fraction of sp³-hybridized carbons (Fsp3) is 0.417. The van der Waals surface area contributed by atoms with Gasteiger partial charge in [-0.1, -0.05) is 43.1 Å². The number of nitrogens with one attached hydrogen (secondary N) is 1. The average molecular weight is 260 g/mol. The van der Waals surface area contributed by atoms with E-state index in [0.717, 1.165) is 5.56 Å². The maximum atomic E-state index is 11.5. The Morgan fingerprint density at radius 2 is 1.81 bits per heavy atom. The highest BCUT2D eigenvalue weighted by atomic mass is 35.5. The minimum atomic E-state index is -0.0651. The number of carbonyl (C=O) groups is 1. The molecular weight excluding hydrogens is 245 g/mol. The lowest BCUT2D eigenvalue weighted by Crippen LogP contribution is -2.30. The molecule has 0 fully saturated rings. The lowest BCUT2D eigenvalue weighted by atomic mass is 10.1. The zero-order valence-electron chi connectivity index (χ0n) is 9.55. The van der Waals surface area contributed by atoms with Crippen LogP contribution in [0, 0.1) is 5.92 Å². The highest BCUT2D eigenvalue weighted by Crippen LogP contribution is 2.25. The molecule has 1 aromatic carbocycles. The predicted octanol–water partition coefficient (Wildman–Crippen LogP) is 3.83. The predicted molar refractivity (Wildman–Crippen MR) is 67.9 cm³/mol. The summed E-state index contributed by atoms with van der Waals surface area (Å²) < 4.78 is 0. The molecule has 0 radical (unpaired) electrons. The second kappa shape index (κ2) is 5.55. The Balaban J connectivity index is 2.77. The zero-order chi connectivity index (χ0) is 12.3. The molecule has 1 N–H and O–H groups in total. The molecule has 4 heteroatoms. The van der Waals surface area contributed by atoms with Gasteiger partial charge in [-0.25, -0.2) is 0 Å². The normalized spacial score (nSPS) is 12.6. The maximum Gasteiger partial charge on any atom is 0.223 e. The molecule has 1 rings (SSSR count). The van der Waals surface area contributed by atoms with Gasteiger partial charge in [-0.15, -0.1) is 0 Å². The van der Waals surface area contributed by atoms with Crippen LogP contribution in [0.25, 0.3) is 0 Å². The van der Waals surface area contributed by atoms with Crippen molar-refractivity contribution in [3.8, 4) is 0 Å². The Hall–Kier alpha value is -0.730. The van der Waals surface area contributed by atoms with Crippen LogP contribution < -0.4 is 5.32 Å². The molecule has 0 saturated heterocycles. The molecule has 0 aliphatic heterocycles. The van der Waals surface area contributed by atoms with Crippen LogP contribution in [-0.4, -0.2) is 5.91 Å². The van der Waals surface area contributed by atoms with Gasteiger partial charge in [0.1, 0.15) is 0 Å². The van der Waals surface area contributed by atoms with Crippen molar-refractivity contribution in [1.29, 1.82) is 0 Å². The molecule has 88 valence electrons. The van der Waals surface area contributed by atoms with Crippen LogP contribution in [0.3, 0.4) is 0 Å². The van der Waals surface area contributed by atoms with E-state index < -0.39 is 0 Å². The van der Waals surface area contributed by atoms with E-state index in [2.05, 4.69) is 5.32 Å².